The summed E-state index contributed by atoms with van der Waals surface area (Å²) in [6, 6.07) is 7.30. The number of fused-ring (bicyclic) bond motifs is 1. The number of carbonyl (C=O) groups is 2. The maximum atomic E-state index is 11.6. The van der Waals surface area contributed by atoms with Crippen LogP contribution in [0.5, 0.6) is 0 Å². The first-order valence-corrected chi connectivity index (χ1v) is 4.85. The van der Waals surface area contributed by atoms with Crippen LogP contribution in [-0.4, -0.2) is 18.2 Å². The third kappa shape index (κ3) is 1.83. The number of rotatable bonds is 1. The molecule has 1 N–H and O–H groups in total. The summed E-state index contributed by atoms with van der Waals surface area (Å²) in [7, 11) is 0. The second-order valence-corrected chi connectivity index (χ2v) is 3.51. The highest BCUT2D eigenvalue weighted by atomic mass is 16.2. The van der Waals surface area contributed by atoms with Crippen molar-refractivity contribution in [1.82, 2.24) is 5.43 Å². The van der Waals surface area contributed by atoms with Crippen molar-refractivity contribution in [2.45, 2.75) is 13.3 Å². The lowest BCUT2D eigenvalue weighted by Crippen LogP contribution is -2.45. The van der Waals surface area contributed by atoms with Gasteiger partial charge in [-0.05, 0) is 12.1 Å². The van der Waals surface area contributed by atoms with Crippen LogP contribution in [0.25, 0.3) is 0 Å². The summed E-state index contributed by atoms with van der Waals surface area (Å²) in [6.07, 6.45) is 0.442. The highest BCUT2D eigenvalue weighted by Gasteiger charge is 2.22. The van der Waals surface area contributed by atoms with Crippen molar-refractivity contribution in [3.63, 3.8) is 0 Å². The second kappa shape index (κ2) is 3.73. The number of para-hydroxylation sites is 1. The van der Waals surface area contributed by atoms with Crippen LogP contribution in [0.3, 0.4) is 0 Å². The van der Waals surface area contributed by atoms with E-state index in [0.717, 1.165) is 5.69 Å². The molecule has 78 valence electrons. The molecule has 0 aromatic heterocycles. The average Bonchev–Trinajstić information content (AvgIpc) is 2.22. The minimum absolute atomic E-state index is 0.126. The molecule has 0 aliphatic carbocycles. The van der Waals surface area contributed by atoms with Crippen LogP contribution in [0, 0.1) is 0 Å². The van der Waals surface area contributed by atoms with E-state index < -0.39 is 0 Å². The minimum atomic E-state index is -0.126. The highest BCUT2D eigenvalue weighted by Crippen LogP contribution is 2.24. The number of Topliss-reactive ketones (excluding diaryl/α,β-unsaturated/α-hetero) is 1. The van der Waals surface area contributed by atoms with E-state index in [1.165, 1.54) is 6.92 Å². The number of nitrogens with one attached hydrogen (secondary N) is 1. The molecule has 0 atom stereocenters. The maximum absolute atomic E-state index is 11.6. The molecule has 0 saturated heterocycles. The molecule has 1 aliphatic heterocycles. The van der Waals surface area contributed by atoms with Crippen LogP contribution >= 0.6 is 0 Å². The molecule has 1 aromatic carbocycles. The van der Waals surface area contributed by atoms with Gasteiger partial charge in [-0.3, -0.25) is 20.0 Å². The summed E-state index contributed by atoms with van der Waals surface area (Å²) in [6.45, 7) is 1.99. The predicted octanol–water partition coefficient (Wildman–Crippen LogP) is 1.13. The number of ketones is 1. The molecular weight excluding hydrogens is 192 g/mol. The van der Waals surface area contributed by atoms with Gasteiger partial charge in [0.15, 0.2) is 5.78 Å². The Kier molecular flexibility index (Phi) is 2.41. The molecule has 1 amide bonds. The van der Waals surface area contributed by atoms with Gasteiger partial charge in [0.05, 0.1) is 5.69 Å². The fourth-order valence-electron chi connectivity index (χ4n) is 1.72. The first-order chi connectivity index (χ1) is 7.18. The molecule has 4 heteroatoms. The van der Waals surface area contributed by atoms with Crippen molar-refractivity contribution in [3.05, 3.63) is 29.8 Å². The molecule has 0 unspecified atom stereocenters. The first kappa shape index (κ1) is 9.71. The van der Waals surface area contributed by atoms with Gasteiger partial charge in [0.2, 0.25) is 5.91 Å². The lowest BCUT2D eigenvalue weighted by Gasteiger charge is -2.29. The second-order valence-electron chi connectivity index (χ2n) is 3.51. The van der Waals surface area contributed by atoms with E-state index in [2.05, 4.69) is 5.43 Å². The monoisotopic (exact) mass is 204 g/mol. The van der Waals surface area contributed by atoms with Crippen LogP contribution in [0.4, 0.5) is 5.69 Å². The molecule has 0 bridgehead atoms. The minimum Gasteiger partial charge on any atom is -0.294 e. The van der Waals surface area contributed by atoms with Crippen molar-refractivity contribution >= 4 is 17.4 Å². The molecule has 0 spiro atoms. The van der Waals surface area contributed by atoms with Crippen molar-refractivity contribution in [1.29, 1.82) is 0 Å². The SMILES string of the molecule is CC(=O)NN1CCC(=O)c2ccccc21. The molecule has 2 rings (SSSR count). The Hall–Kier alpha value is -1.84. The number of amides is 1. The van der Waals surface area contributed by atoms with Gasteiger partial charge in [0.25, 0.3) is 0 Å². The van der Waals surface area contributed by atoms with Crippen LogP contribution in [0.2, 0.25) is 0 Å². The summed E-state index contributed by atoms with van der Waals surface area (Å²) in [4.78, 5) is 22.5. The molecule has 0 radical (unpaired) electrons. The van der Waals surface area contributed by atoms with Crippen molar-refractivity contribution < 1.29 is 9.59 Å². The quantitative estimate of drug-likeness (QED) is 0.746. The topological polar surface area (TPSA) is 49.4 Å². The Morgan fingerprint density at radius 3 is 2.87 bits per heavy atom. The lowest BCUT2D eigenvalue weighted by molar-refractivity contribution is -0.119. The van der Waals surface area contributed by atoms with Crippen molar-refractivity contribution in [2.75, 3.05) is 11.6 Å². The Labute approximate surface area is 87.9 Å². The van der Waals surface area contributed by atoms with E-state index in [4.69, 9.17) is 0 Å². The van der Waals surface area contributed by atoms with Gasteiger partial charge in [-0.2, -0.15) is 0 Å². The van der Waals surface area contributed by atoms with E-state index in [1.807, 2.05) is 18.2 Å². The molecule has 15 heavy (non-hydrogen) atoms. The van der Waals surface area contributed by atoms with Gasteiger partial charge < -0.3 is 0 Å². The summed E-state index contributed by atoms with van der Waals surface area (Å²) >= 11 is 0. The number of hydrazine groups is 1. The summed E-state index contributed by atoms with van der Waals surface area (Å²) < 4.78 is 0. The Bertz CT molecular complexity index is 415. The molecule has 4 nitrogen and oxygen atoms in total. The molecule has 1 heterocycles. The largest absolute Gasteiger partial charge is 0.294 e. The van der Waals surface area contributed by atoms with E-state index in [9.17, 15) is 9.59 Å². The van der Waals surface area contributed by atoms with Crippen LogP contribution in [0.1, 0.15) is 23.7 Å². The average molecular weight is 204 g/mol. The highest BCUT2D eigenvalue weighted by molar-refractivity contribution is 6.03. The summed E-state index contributed by atoms with van der Waals surface area (Å²) in [5.74, 6) is 0.00588. The Balaban J connectivity index is 2.36. The number of benzene rings is 1. The molecule has 0 saturated carbocycles. The van der Waals surface area contributed by atoms with Gasteiger partial charge in [0, 0.05) is 25.5 Å². The maximum Gasteiger partial charge on any atom is 0.235 e. The zero-order chi connectivity index (χ0) is 10.8. The zero-order valence-electron chi connectivity index (χ0n) is 8.49. The summed E-state index contributed by atoms with van der Waals surface area (Å²) in [5, 5.41) is 1.72. The van der Waals surface area contributed by atoms with Crippen molar-refractivity contribution in [3.8, 4) is 0 Å². The lowest BCUT2D eigenvalue weighted by atomic mass is 10.0. The van der Waals surface area contributed by atoms with Crippen LogP contribution < -0.4 is 10.4 Å². The fraction of sp³-hybridized carbons (Fsp3) is 0.273. The number of nitrogens with zero attached hydrogens (tertiary/aromatic N) is 1. The van der Waals surface area contributed by atoms with E-state index in [0.29, 0.717) is 18.5 Å². The van der Waals surface area contributed by atoms with Gasteiger partial charge in [0.1, 0.15) is 0 Å². The predicted molar refractivity (Wildman–Crippen MR) is 56.6 cm³/mol. The van der Waals surface area contributed by atoms with Crippen molar-refractivity contribution in [2.24, 2.45) is 0 Å². The molecule has 0 fully saturated rings. The Morgan fingerprint density at radius 2 is 2.13 bits per heavy atom. The third-order valence-corrected chi connectivity index (χ3v) is 2.35. The van der Waals surface area contributed by atoms with E-state index in [-0.39, 0.29) is 11.7 Å². The van der Waals surface area contributed by atoms with E-state index in [1.54, 1.807) is 11.1 Å². The first-order valence-electron chi connectivity index (χ1n) is 4.85. The van der Waals surface area contributed by atoms with Crippen LogP contribution in [-0.2, 0) is 4.79 Å². The van der Waals surface area contributed by atoms with Gasteiger partial charge in [-0.15, -0.1) is 0 Å². The number of anilines is 1. The fourth-order valence-corrected chi connectivity index (χ4v) is 1.72. The number of hydrogen-bond acceptors (Lipinski definition) is 3. The van der Waals surface area contributed by atoms with Gasteiger partial charge in [-0.25, -0.2) is 0 Å². The Morgan fingerprint density at radius 1 is 1.40 bits per heavy atom. The number of hydrogen-bond donors (Lipinski definition) is 1. The van der Waals surface area contributed by atoms with Gasteiger partial charge in [-0.1, -0.05) is 12.1 Å². The zero-order valence-corrected chi connectivity index (χ0v) is 8.49. The number of carbonyl (C=O) groups excluding carboxylic acids is 2. The van der Waals surface area contributed by atoms with E-state index >= 15 is 0 Å². The molecule has 1 aliphatic rings. The molecule has 1 aromatic rings. The third-order valence-electron chi connectivity index (χ3n) is 2.35. The summed E-state index contributed by atoms with van der Waals surface area (Å²) in [5.41, 5.74) is 4.16. The smallest absolute Gasteiger partial charge is 0.235 e. The van der Waals surface area contributed by atoms with Crippen LogP contribution in [0.15, 0.2) is 24.3 Å². The normalized spacial score (nSPS) is 14.7. The molecular formula is C11H12N2O2. The standard InChI is InChI=1S/C11H12N2O2/c1-8(14)12-13-7-6-11(15)9-4-2-3-5-10(9)13/h2-5H,6-7H2,1H3,(H,12,14). The van der Waals surface area contributed by atoms with Gasteiger partial charge >= 0.3 is 0 Å².